The molecule has 0 spiro atoms. The van der Waals surface area contributed by atoms with Crippen LogP contribution in [0, 0.1) is 5.82 Å². The van der Waals surface area contributed by atoms with Gasteiger partial charge in [-0.1, -0.05) is 11.6 Å². The summed E-state index contributed by atoms with van der Waals surface area (Å²) in [5.41, 5.74) is 0.452. The summed E-state index contributed by atoms with van der Waals surface area (Å²) in [5, 5.41) is 12.2. The van der Waals surface area contributed by atoms with Crippen LogP contribution in [0.25, 0.3) is 0 Å². The van der Waals surface area contributed by atoms with Gasteiger partial charge in [0.1, 0.15) is 11.9 Å². The van der Waals surface area contributed by atoms with Gasteiger partial charge in [-0.3, -0.25) is 0 Å². The molecule has 0 bridgehead atoms. The van der Waals surface area contributed by atoms with Crippen molar-refractivity contribution in [2.75, 3.05) is 0 Å². The van der Waals surface area contributed by atoms with Gasteiger partial charge in [0, 0.05) is 9.50 Å². The van der Waals surface area contributed by atoms with Gasteiger partial charge in [0.2, 0.25) is 0 Å². The van der Waals surface area contributed by atoms with Crippen molar-refractivity contribution in [1.29, 1.82) is 0 Å². The SMILES string of the molecule is OC(c1cc(F)cc(Cl)c1)c1sccc1Br. The minimum atomic E-state index is -0.859. The summed E-state index contributed by atoms with van der Waals surface area (Å²) in [4.78, 5) is 0.738. The normalized spacial score (nSPS) is 12.8. The lowest BCUT2D eigenvalue weighted by molar-refractivity contribution is 0.223. The van der Waals surface area contributed by atoms with E-state index in [2.05, 4.69) is 15.9 Å². The maximum Gasteiger partial charge on any atom is 0.125 e. The fourth-order valence-electron chi connectivity index (χ4n) is 1.38. The first-order valence-electron chi connectivity index (χ1n) is 4.45. The van der Waals surface area contributed by atoms with Gasteiger partial charge in [-0.25, -0.2) is 4.39 Å². The van der Waals surface area contributed by atoms with Crippen molar-refractivity contribution in [3.05, 3.63) is 55.4 Å². The van der Waals surface area contributed by atoms with Gasteiger partial charge in [0.05, 0.1) is 4.88 Å². The summed E-state index contributed by atoms with van der Waals surface area (Å²) in [7, 11) is 0. The molecule has 84 valence electrons. The van der Waals surface area contributed by atoms with Crippen LogP contribution in [-0.2, 0) is 0 Å². The smallest absolute Gasteiger partial charge is 0.125 e. The largest absolute Gasteiger partial charge is 0.383 e. The van der Waals surface area contributed by atoms with E-state index in [9.17, 15) is 9.50 Å². The molecule has 1 nitrogen and oxygen atoms in total. The number of thiophene rings is 1. The molecule has 2 aromatic rings. The Balaban J connectivity index is 2.41. The van der Waals surface area contributed by atoms with Crippen molar-refractivity contribution < 1.29 is 9.50 Å². The molecule has 0 saturated carbocycles. The fourth-order valence-corrected chi connectivity index (χ4v) is 3.22. The molecule has 0 aliphatic heterocycles. The minimum absolute atomic E-state index is 0.279. The Hall–Kier alpha value is -0.420. The van der Waals surface area contributed by atoms with E-state index in [1.54, 1.807) is 6.07 Å². The summed E-state index contributed by atoms with van der Waals surface area (Å²) >= 11 is 10.5. The monoisotopic (exact) mass is 320 g/mol. The third kappa shape index (κ3) is 2.46. The number of rotatable bonds is 2. The molecule has 16 heavy (non-hydrogen) atoms. The highest BCUT2D eigenvalue weighted by atomic mass is 79.9. The number of aliphatic hydroxyl groups is 1. The summed E-state index contributed by atoms with van der Waals surface area (Å²) in [6.45, 7) is 0. The van der Waals surface area contributed by atoms with Crippen molar-refractivity contribution in [2.24, 2.45) is 0 Å². The van der Waals surface area contributed by atoms with Gasteiger partial charge in [0.25, 0.3) is 0 Å². The lowest BCUT2D eigenvalue weighted by Gasteiger charge is -2.10. The Bertz CT molecular complexity index is 494. The number of aliphatic hydroxyl groups excluding tert-OH is 1. The van der Waals surface area contributed by atoms with Crippen LogP contribution < -0.4 is 0 Å². The Labute approximate surface area is 110 Å². The minimum Gasteiger partial charge on any atom is -0.383 e. The van der Waals surface area contributed by atoms with Crippen molar-refractivity contribution in [2.45, 2.75) is 6.10 Å². The number of hydrogen-bond donors (Lipinski definition) is 1. The molecular formula is C11H7BrClFOS. The first-order chi connectivity index (χ1) is 7.58. The van der Waals surface area contributed by atoms with Crippen LogP contribution in [0.2, 0.25) is 5.02 Å². The molecule has 1 heterocycles. The quantitative estimate of drug-likeness (QED) is 0.870. The van der Waals surface area contributed by atoms with Gasteiger partial charge < -0.3 is 5.11 Å². The van der Waals surface area contributed by atoms with E-state index in [-0.39, 0.29) is 5.02 Å². The summed E-state index contributed by atoms with van der Waals surface area (Å²) in [6, 6.07) is 5.88. The molecule has 1 unspecified atom stereocenters. The number of hydrogen-bond acceptors (Lipinski definition) is 2. The van der Waals surface area contributed by atoms with Crippen molar-refractivity contribution in [1.82, 2.24) is 0 Å². The third-order valence-electron chi connectivity index (χ3n) is 2.09. The molecule has 1 aromatic heterocycles. The van der Waals surface area contributed by atoms with E-state index in [1.165, 1.54) is 23.5 Å². The van der Waals surface area contributed by atoms with Gasteiger partial charge in [-0.05, 0) is 51.1 Å². The third-order valence-corrected chi connectivity index (χ3v) is 4.24. The summed E-state index contributed by atoms with van der Waals surface area (Å²) in [5.74, 6) is -0.450. The molecule has 0 fully saturated rings. The molecule has 0 radical (unpaired) electrons. The van der Waals surface area contributed by atoms with E-state index >= 15 is 0 Å². The zero-order valence-corrected chi connectivity index (χ0v) is 11.1. The van der Waals surface area contributed by atoms with Crippen LogP contribution >= 0.6 is 38.9 Å². The number of benzene rings is 1. The molecule has 0 aliphatic rings. The Morgan fingerprint density at radius 3 is 2.69 bits per heavy atom. The van der Waals surface area contributed by atoms with Crippen LogP contribution in [0.5, 0.6) is 0 Å². The van der Waals surface area contributed by atoms with Crippen LogP contribution in [0.15, 0.2) is 34.1 Å². The maximum absolute atomic E-state index is 13.1. The van der Waals surface area contributed by atoms with Crippen LogP contribution in [-0.4, -0.2) is 5.11 Å². The van der Waals surface area contributed by atoms with Crippen molar-refractivity contribution >= 4 is 38.9 Å². The molecule has 1 atom stereocenters. The predicted octanol–water partition coefficient (Wildman–Crippen LogP) is 4.38. The molecule has 1 aromatic carbocycles. The molecular weight excluding hydrogens is 315 g/mol. The lowest BCUT2D eigenvalue weighted by atomic mass is 10.1. The maximum atomic E-state index is 13.1. The van der Waals surface area contributed by atoms with Gasteiger partial charge in [-0.15, -0.1) is 11.3 Å². The zero-order valence-electron chi connectivity index (χ0n) is 7.95. The first-order valence-corrected chi connectivity index (χ1v) is 6.50. The highest BCUT2D eigenvalue weighted by Gasteiger charge is 2.16. The van der Waals surface area contributed by atoms with E-state index < -0.39 is 11.9 Å². The van der Waals surface area contributed by atoms with Crippen LogP contribution in [0.3, 0.4) is 0 Å². The first kappa shape index (κ1) is 12.0. The molecule has 2 rings (SSSR count). The average molecular weight is 322 g/mol. The Morgan fingerprint density at radius 1 is 1.38 bits per heavy atom. The second-order valence-corrected chi connectivity index (χ2v) is 5.48. The topological polar surface area (TPSA) is 20.2 Å². The van der Waals surface area contributed by atoms with E-state index in [0.29, 0.717) is 5.56 Å². The summed E-state index contributed by atoms with van der Waals surface area (Å²) in [6.07, 6.45) is -0.859. The Kier molecular flexibility index (Phi) is 3.64. The zero-order chi connectivity index (χ0) is 11.7. The molecule has 1 N–H and O–H groups in total. The van der Waals surface area contributed by atoms with Gasteiger partial charge in [-0.2, -0.15) is 0 Å². The summed E-state index contributed by atoms with van der Waals surface area (Å²) < 4.78 is 13.9. The van der Waals surface area contributed by atoms with Crippen LogP contribution in [0.4, 0.5) is 4.39 Å². The highest BCUT2D eigenvalue weighted by molar-refractivity contribution is 9.10. The lowest BCUT2D eigenvalue weighted by Crippen LogP contribution is -1.98. The molecule has 5 heteroatoms. The van der Waals surface area contributed by atoms with Gasteiger partial charge >= 0.3 is 0 Å². The average Bonchev–Trinajstić information content (AvgIpc) is 2.62. The fraction of sp³-hybridized carbons (Fsp3) is 0.0909. The van der Waals surface area contributed by atoms with E-state index in [1.807, 2.05) is 11.4 Å². The Morgan fingerprint density at radius 2 is 2.12 bits per heavy atom. The van der Waals surface area contributed by atoms with Crippen molar-refractivity contribution in [3.8, 4) is 0 Å². The van der Waals surface area contributed by atoms with Crippen molar-refractivity contribution in [3.63, 3.8) is 0 Å². The second kappa shape index (κ2) is 4.84. The predicted molar refractivity (Wildman–Crippen MR) is 67.5 cm³/mol. The molecule has 0 amide bonds. The van der Waals surface area contributed by atoms with E-state index in [0.717, 1.165) is 9.35 Å². The number of halogens is 3. The van der Waals surface area contributed by atoms with Gasteiger partial charge in [0.15, 0.2) is 0 Å². The van der Waals surface area contributed by atoms with Crippen LogP contribution in [0.1, 0.15) is 16.5 Å². The molecule has 0 saturated heterocycles. The van der Waals surface area contributed by atoms with E-state index in [4.69, 9.17) is 11.6 Å². The standard InChI is InChI=1S/C11H7BrClFOS/c12-9-1-2-16-11(9)10(15)6-3-7(13)5-8(14)4-6/h1-5,10,15H. The second-order valence-electron chi connectivity index (χ2n) is 3.24. The molecule has 0 aliphatic carbocycles. The highest BCUT2D eigenvalue weighted by Crippen LogP contribution is 2.34.